The Labute approximate surface area is 86.1 Å². The highest BCUT2D eigenvalue weighted by molar-refractivity contribution is 5.15. The molecule has 0 bridgehead atoms. The third-order valence-electron chi connectivity index (χ3n) is 2.56. The number of aromatic nitrogens is 2. The van der Waals surface area contributed by atoms with E-state index in [1.54, 1.807) is 0 Å². The summed E-state index contributed by atoms with van der Waals surface area (Å²) in [4.78, 5) is 7.95. The lowest BCUT2D eigenvalue weighted by Gasteiger charge is -2.04. The van der Waals surface area contributed by atoms with Gasteiger partial charge in [-0.3, -0.25) is 0 Å². The van der Waals surface area contributed by atoms with Crippen LogP contribution in [-0.2, 0) is 6.42 Å². The summed E-state index contributed by atoms with van der Waals surface area (Å²) in [6.07, 6.45) is 3.21. The molecule has 0 aliphatic heterocycles. The van der Waals surface area contributed by atoms with E-state index in [1.165, 1.54) is 11.4 Å². The fraction of sp³-hybridized carbons (Fsp3) is 0.727. The number of H-pyrrole nitrogens is 1. The highest BCUT2D eigenvalue weighted by atomic mass is 14.9. The third kappa shape index (κ3) is 2.58. The van der Waals surface area contributed by atoms with Gasteiger partial charge in [0.15, 0.2) is 0 Å². The van der Waals surface area contributed by atoms with Crippen LogP contribution in [0.3, 0.4) is 0 Å². The van der Waals surface area contributed by atoms with Gasteiger partial charge in [-0.05, 0) is 26.3 Å². The van der Waals surface area contributed by atoms with E-state index in [1.807, 2.05) is 0 Å². The number of aromatic amines is 1. The van der Waals surface area contributed by atoms with Crippen molar-refractivity contribution in [2.24, 2.45) is 5.73 Å². The summed E-state index contributed by atoms with van der Waals surface area (Å²) in [6.45, 7) is 7.17. The largest absolute Gasteiger partial charge is 0.346 e. The molecule has 1 atom stereocenters. The van der Waals surface area contributed by atoms with Crippen LogP contribution in [0, 0.1) is 6.92 Å². The summed E-state index contributed by atoms with van der Waals surface area (Å²) < 4.78 is 0. The van der Waals surface area contributed by atoms with Crippen molar-refractivity contribution in [3.63, 3.8) is 0 Å². The van der Waals surface area contributed by atoms with E-state index in [0.717, 1.165) is 31.6 Å². The van der Waals surface area contributed by atoms with Crippen molar-refractivity contribution >= 4 is 0 Å². The van der Waals surface area contributed by atoms with Crippen LogP contribution in [0.5, 0.6) is 0 Å². The van der Waals surface area contributed by atoms with E-state index in [9.17, 15) is 0 Å². The highest BCUT2D eigenvalue weighted by Crippen LogP contribution is 2.17. The molecule has 1 aromatic heterocycles. The van der Waals surface area contributed by atoms with Gasteiger partial charge in [0.1, 0.15) is 5.82 Å². The molecule has 3 nitrogen and oxygen atoms in total. The molecule has 1 aromatic rings. The van der Waals surface area contributed by atoms with Crippen molar-refractivity contribution in [2.75, 3.05) is 6.54 Å². The molecule has 14 heavy (non-hydrogen) atoms. The Bertz CT molecular complexity index is 278. The number of nitrogens with one attached hydrogen (secondary N) is 1. The van der Waals surface area contributed by atoms with Crippen LogP contribution < -0.4 is 5.73 Å². The second-order valence-electron chi connectivity index (χ2n) is 3.92. The standard InChI is InChI=1S/C11H21N3/c1-4-5-10-9(3)13-11(14-10)8(2)6-7-12/h8H,4-7,12H2,1-3H3,(H,13,14). The van der Waals surface area contributed by atoms with Crippen molar-refractivity contribution in [1.29, 1.82) is 0 Å². The fourth-order valence-electron chi connectivity index (χ4n) is 1.62. The normalized spacial score (nSPS) is 13.1. The smallest absolute Gasteiger partial charge is 0.109 e. The molecule has 0 aliphatic rings. The highest BCUT2D eigenvalue weighted by Gasteiger charge is 2.11. The Hall–Kier alpha value is -0.830. The first kappa shape index (κ1) is 11.2. The molecular formula is C11H21N3. The van der Waals surface area contributed by atoms with Gasteiger partial charge < -0.3 is 10.7 Å². The molecule has 1 rings (SSSR count). The van der Waals surface area contributed by atoms with E-state index in [0.29, 0.717) is 5.92 Å². The number of hydrogen-bond acceptors (Lipinski definition) is 2. The van der Waals surface area contributed by atoms with E-state index >= 15 is 0 Å². The number of aryl methyl sites for hydroxylation is 2. The van der Waals surface area contributed by atoms with Gasteiger partial charge in [-0.1, -0.05) is 20.3 Å². The van der Waals surface area contributed by atoms with Crippen molar-refractivity contribution in [3.8, 4) is 0 Å². The molecule has 3 N–H and O–H groups in total. The summed E-state index contributed by atoms with van der Waals surface area (Å²) in [6, 6.07) is 0. The van der Waals surface area contributed by atoms with Crippen LogP contribution in [0.4, 0.5) is 0 Å². The Kier molecular flexibility index (Phi) is 4.14. The predicted molar refractivity (Wildman–Crippen MR) is 59.4 cm³/mol. The minimum Gasteiger partial charge on any atom is -0.346 e. The molecule has 0 radical (unpaired) electrons. The molecule has 0 saturated carbocycles. The minimum absolute atomic E-state index is 0.448. The first-order valence-corrected chi connectivity index (χ1v) is 5.44. The van der Waals surface area contributed by atoms with Crippen molar-refractivity contribution in [3.05, 3.63) is 17.2 Å². The Balaban J connectivity index is 2.74. The first-order valence-electron chi connectivity index (χ1n) is 5.44. The number of hydrogen-bond donors (Lipinski definition) is 2. The Morgan fingerprint density at radius 2 is 2.21 bits per heavy atom. The Morgan fingerprint density at radius 3 is 2.79 bits per heavy atom. The van der Waals surface area contributed by atoms with Gasteiger partial charge in [-0.2, -0.15) is 0 Å². The minimum atomic E-state index is 0.448. The van der Waals surface area contributed by atoms with Crippen LogP contribution in [0.25, 0.3) is 0 Å². The molecule has 0 amide bonds. The zero-order valence-electron chi connectivity index (χ0n) is 9.43. The van der Waals surface area contributed by atoms with Gasteiger partial charge >= 0.3 is 0 Å². The maximum Gasteiger partial charge on any atom is 0.109 e. The van der Waals surface area contributed by atoms with Crippen molar-refractivity contribution < 1.29 is 0 Å². The molecule has 0 aliphatic carbocycles. The molecule has 1 heterocycles. The molecule has 0 spiro atoms. The van der Waals surface area contributed by atoms with Crippen LogP contribution in [0.1, 0.15) is 49.8 Å². The molecule has 80 valence electrons. The maximum absolute atomic E-state index is 5.53. The first-order chi connectivity index (χ1) is 6.69. The predicted octanol–water partition coefficient (Wildman–Crippen LogP) is 2.12. The zero-order valence-corrected chi connectivity index (χ0v) is 9.43. The monoisotopic (exact) mass is 195 g/mol. The molecule has 0 fully saturated rings. The lowest BCUT2D eigenvalue weighted by molar-refractivity contribution is 0.652. The number of rotatable bonds is 5. The van der Waals surface area contributed by atoms with E-state index in [2.05, 4.69) is 30.7 Å². The zero-order chi connectivity index (χ0) is 10.6. The topological polar surface area (TPSA) is 54.7 Å². The van der Waals surface area contributed by atoms with Crippen LogP contribution in [0.15, 0.2) is 0 Å². The van der Waals surface area contributed by atoms with Gasteiger partial charge in [0, 0.05) is 11.6 Å². The number of imidazole rings is 1. The summed E-state index contributed by atoms with van der Waals surface area (Å²) in [5, 5.41) is 0. The summed E-state index contributed by atoms with van der Waals surface area (Å²) in [5.74, 6) is 1.54. The summed E-state index contributed by atoms with van der Waals surface area (Å²) in [7, 11) is 0. The SMILES string of the molecule is CCCc1nc(C(C)CCN)[nH]c1C. The lowest BCUT2D eigenvalue weighted by atomic mass is 10.1. The fourth-order valence-corrected chi connectivity index (χ4v) is 1.62. The average Bonchev–Trinajstić information content (AvgIpc) is 2.49. The van der Waals surface area contributed by atoms with Gasteiger partial charge in [-0.15, -0.1) is 0 Å². The van der Waals surface area contributed by atoms with Gasteiger partial charge in [0.25, 0.3) is 0 Å². The lowest BCUT2D eigenvalue weighted by Crippen LogP contribution is -2.05. The second-order valence-corrected chi connectivity index (χ2v) is 3.92. The number of nitrogens with zero attached hydrogens (tertiary/aromatic N) is 1. The third-order valence-corrected chi connectivity index (χ3v) is 2.56. The van der Waals surface area contributed by atoms with Gasteiger partial charge in [0.2, 0.25) is 0 Å². The van der Waals surface area contributed by atoms with E-state index < -0.39 is 0 Å². The van der Waals surface area contributed by atoms with Crippen molar-refractivity contribution in [2.45, 2.75) is 46.0 Å². The molecule has 3 heteroatoms. The quantitative estimate of drug-likeness (QED) is 0.756. The summed E-state index contributed by atoms with van der Waals surface area (Å²) >= 11 is 0. The van der Waals surface area contributed by atoms with E-state index in [-0.39, 0.29) is 0 Å². The molecule has 1 unspecified atom stereocenters. The van der Waals surface area contributed by atoms with Crippen LogP contribution >= 0.6 is 0 Å². The van der Waals surface area contributed by atoms with Gasteiger partial charge in [-0.25, -0.2) is 4.98 Å². The second kappa shape index (κ2) is 5.15. The number of nitrogens with two attached hydrogens (primary N) is 1. The average molecular weight is 195 g/mol. The molecule has 0 aromatic carbocycles. The van der Waals surface area contributed by atoms with Crippen molar-refractivity contribution in [1.82, 2.24) is 9.97 Å². The molecular weight excluding hydrogens is 174 g/mol. The van der Waals surface area contributed by atoms with Crippen LogP contribution in [-0.4, -0.2) is 16.5 Å². The molecule has 0 saturated heterocycles. The van der Waals surface area contributed by atoms with Gasteiger partial charge in [0.05, 0.1) is 5.69 Å². The van der Waals surface area contributed by atoms with E-state index in [4.69, 9.17) is 5.73 Å². The Morgan fingerprint density at radius 1 is 1.50 bits per heavy atom. The maximum atomic E-state index is 5.53. The van der Waals surface area contributed by atoms with Crippen LogP contribution in [0.2, 0.25) is 0 Å². The summed E-state index contributed by atoms with van der Waals surface area (Å²) in [5.41, 5.74) is 7.96.